The Morgan fingerprint density at radius 1 is 1.00 bits per heavy atom. The number of aliphatic hydroxyl groups excluding tert-OH is 1. The first-order chi connectivity index (χ1) is 14.2. The minimum absolute atomic E-state index is 0.00914. The number of methoxy groups -OCH3 is 3. The molecule has 154 valence electrons. The van der Waals surface area contributed by atoms with Crippen molar-refractivity contribution in [2.75, 3.05) is 41.3 Å². The summed E-state index contributed by atoms with van der Waals surface area (Å²) < 4.78 is 34.4. The van der Waals surface area contributed by atoms with Crippen LogP contribution in [0, 0.1) is 11.8 Å². The van der Waals surface area contributed by atoms with Gasteiger partial charge in [0, 0.05) is 12.5 Å². The Morgan fingerprint density at radius 3 is 2.31 bits per heavy atom. The molecule has 1 aliphatic carbocycles. The molecule has 2 aliphatic heterocycles. The molecule has 5 rings (SSSR count). The molecular weight excluding hydrogens is 376 g/mol. The van der Waals surface area contributed by atoms with Crippen molar-refractivity contribution in [3.8, 4) is 28.7 Å². The fourth-order valence-corrected chi connectivity index (χ4v) is 5.08. The van der Waals surface area contributed by atoms with E-state index in [9.17, 15) is 5.11 Å². The van der Waals surface area contributed by atoms with E-state index in [1.54, 1.807) is 21.3 Å². The summed E-state index contributed by atoms with van der Waals surface area (Å²) in [5.41, 5.74) is 2.16. The number of hydrogen-bond acceptors (Lipinski definition) is 7. The molecule has 2 aromatic rings. The average molecular weight is 400 g/mol. The maximum atomic E-state index is 10.3. The Bertz CT molecular complexity index is 931. The van der Waals surface area contributed by atoms with Crippen molar-refractivity contribution in [1.82, 2.24) is 0 Å². The molecule has 0 spiro atoms. The van der Waals surface area contributed by atoms with Gasteiger partial charge in [-0.25, -0.2) is 0 Å². The van der Waals surface area contributed by atoms with Crippen LogP contribution in [0.4, 0.5) is 0 Å². The summed E-state index contributed by atoms with van der Waals surface area (Å²) in [5.74, 6) is 3.17. The van der Waals surface area contributed by atoms with Crippen LogP contribution in [0.3, 0.4) is 0 Å². The normalized spacial score (nSPS) is 26.2. The van der Waals surface area contributed by atoms with Gasteiger partial charge in [0.1, 0.15) is 5.60 Å². The maximum Gasteiger partial charge on any atom is 0.231 e. The lowest BCUT2D eigenvalue weighted by molar-refractivity contribution is -0.00721. The van der Waals surface area contributed by atoms with Crippen LogP contribution < -0.4 is 23.7 Å². The van der Waals surface area contributed by atoms with Gasteiger partial charge in [-0.1, -0.05) is 0 Å². The SMILES string of the molecule is COc1cc([C@@]23OC[C@H](Cc4cc5c(cc42)OCO5)[C@@H]3CO)cc(OC)c1OC. The second-order valence-electron chi connectivity index (χ2n) is 7.58. The molecule has 2 bridgehead atoms. The molecule has 0 radical (unpaired) electrons. The Balaban J connectivity index is 1.77. The van der Waals surface area contributed by atoms with Crippen molar-refractivity contribution < 1.29 is 33.5 Å². The number of rotatable bonds is 5. The molecule has 0 amide bonds. The van der Waals surface area contributed by atoms with Crippen molar-refractivity contribution >= 4 is 0 Å². The summed E-state index contributed by atoms with van der Waals surface area (Å²) in [7, 11) is 4.76. The minimum atomic E-state index is -0.833. The van der Waals surface area contributed by atoms with Crippen molar-refractivity contribution in [1.29, 1.82) is 0 Å². The van der Waals surface area contributed by atoms with Crippen molar-refractivity contribution in [3.05, 3.63) is 41.0 Å². The molecule has 2 aromatic carbocycles. The topological polar surface area (TPSA) is 75.6 Å². The molecule has 7 nitrogen and oxygen atoms in total. The van der Waals surface area contributed by atoms with Crippen LogP contribution in [0.5, 0.6) is 28.7 Å². The molecule has 3 aliphatic rings. The summed E-state index contributed by atoms with van der Waals surface area (Å²) in [6, 6.07) is 7.85. The highest BCUT2D eigenvalue weighted by molar-refractivity contribution is 5.60. The van der Waals surface area contributed by atoms with Gasteiger partial charge in [-0.15, -0.1) is 0 Å². The molecule has 1 saturated heterocycles. The third kappa shape index (κ3) is 2.44. The molecule has 1 N–H and O–H groups in total. The Morgan fingerprint density at radius 2 is 1.69 bits per heavy atom. The fraction of sp³-hybridized carbons (Fsp3) is 0.455. The lowest BCUT2D eigenvalue weighted by atomic mass is 9.65. The first-order valence-corrected chi connectivity index (χ1v) is 9.64. The molecule has 0 aromatic heterocycles. The third-order valence-electron chi connectivity index (χ3n) is 6.39. The molecule has 7 heteroatoms. The molecule has 3 atom stereocenters. The summed E-state index contributed by atoms with van der Waals surface area (Å²) in [6.45, 7) is 0.779. The minimum Gasteiger partial charge on any atom is -0.493 e. The average Bonchev–Trinajstić information content (AvgIpc) is 3.32. The Labute approximate surface area is 169 Å². The Kier molecular flexibility index (Phi) is 4.26. The summed E-state index contributed by atoms with van der Waals surface area (Å²) in [6.07, 6.45) is 0.823. The van der Waals surface area contributed by atoms with Gasteiger partial charge in [0.25, 0.3) is 0 Å². The molecule has 0 unspecified atom stereocenters. The highest BCUT2D eigenvalue weighted by Crippen LogP contribution is 2.58. The maximum absolute atomic E-state index is 10.3. The third-order valence-corrected chi connectivity index (χ3v) is 6.39. The zero-order valence-corrected chi connectivity index (χ0v) is 16.7. The predicted octanol–water partition coefficient (Wildman–Crippen LogP) is 2.50. The van der Waals surface area contributed by atoms with Gasteiger partial charge in [-0.05, 0) is 53.3 Å². The van der Waals surface area contributed by atoms with Gasteiger partial charge < -0.3 is 33.5 Å². The largest absolute Gasteiger partial charge is 0.493 e. The predicted molar refractivity (Wildman–Crippen MR) is 103 cm³/mol. The lowest BCUT2D eigenvalue weighted by Gasteiger charge is -2.41. The molecule has 2 heterocycles. The van der Waals surface area contributed by atoms with Gasteiger partial charge in [0.05, 0.1) is 27.9 Å². The number of ether oxygens (including phenoxy) is 6. The Hall–Kier alpha value is -2.64. The van der Waals surface area contributed by atoms with E-state index in [0.717, 1.165) is 28.9 Å². The summed E-state index contributed by atoms with van der Waals surface area (Å²) in [4.78, 5) is 0. The lowest BCUT2D eigenvalue weighted by Crippen LogP contribution is -2.42. The van der Waals surface area contributed by atoms with Gasteiger partial charge >= 0.3 is 0 Å². The molecule has 1 fully saturated rings. The van der Waals surface area contributed by atoms with Crippen molar-refractivity contribution in [2.45, 2.75) is 12.0 Å². The van der Waals surface area contributed by atoms with Crippen molar-refractivity contribution in [2.24, 2.45) is 11.8 Å². The standard InChI is InChI=1S/C22H24O7/c1-24-19-6-14(7-20(25-2)21(19)26-3)22-15-8-18-17(27-11-28-18)5-12(15)4-13(10-29-22)16(22)9-23/h5-8,13,16,23H,4,9-11H2,1-3H3/t13-,16-,22+/m0/s1. The van der Waals surface area contributed by atoms with E-state index >= 15 is 0 Å². The smallest absolute Gasteiger partial charge is 0.231 e. The van der Waals surface area contributed by atoms with E-state index in [2.05, 4.69) is 0 Å². The van der Waals surface area contributed by atoms with Gasteiger partial charge in [0.2, 0.25) is 12.5 Å². The molecular formula is C22H24O7. The van der Waals surface area contributed by atoms with Gasteiger partial charge in [0.15, 0.2) is 23.0 Å². The monoisotopic (exact) mass is 400 g/mol. The van der Waals surface area contributed by atoms with Gasteiger partial charge in [-0.2, -0.15) is 0 Å². The van der Waals surface area contributed by atoms with E-state index in [4.69, 9.17) is 28.4 Å². The van der Waals surface area contributed by atoms with Crippen LogP contribution in [-0.4, -0.2) is 46.4 Å². The van der Waals surface area contributed by atoms with Crippen LogP contribution in [-0.2, 0) is 16.8 Å². The number of hydrogen-bond donors (Lipinski definition) is 1. The van der Waals surface area contributed by atoms with E-state index in [0.29, 0.717) is 29.6 Å². The van der Waals surface area contributed by atoms with Crippen LogP contribution in [0.15, 0.2) is 24.3 Å². The zero-order chi connectivity index (χ0) is 20.2. The molecule has 29 heavy (non-hydrogen) atoms. The second kappa shape index (κ2) is 6.71. The van der Waals surface area contributed by atoms with Crippen LogP contribution in [0.1, 0.15) is 16.7 Å². The quantitative estimate of drug-likeness (QED) is 0.826. The zero-order valence-electron chi connectivity index (χ0n) is 16.7. The van der Waals surface area contributed by atoms with E-state index < -0.39 is 5.60 Å². The highest BCUT2D eigenvalue weighted by atomic mass is 16.7. The fourth-order valence-electron chi connectivity index (χ4n) is 5.08. The number of aliphatic hydroxyl groups is 1. The van der Waals surface area contributed by atoms with E-state index in [1.807, 2.05) is 24.3 Å². The second-order valence-corrected chi connectivity index (χ2v) is 7.58. The van der Waals surface area contributed by atoms with E-state index in [-0.39, 0.29) is 25.2 Å². The highest BCUT2D eigenvalue weighted by Gasteiger charge is 2.56. The molecule has 0 saturated carbocycles. The number of benzene rings is 2. The van der Waals surface area contributed by atoms with Crippen LogP contribution in [0.2, 0.25) is 0 Å². The summed E-state index contributed by atoms with van der Waals surface area (Å²) >= 11 is 0. The van der Waals surface area contributed by atoms with Crippen molar-refractivity contribution in [3.63, 3.8) is 0 Å². The van der Waals surface area contributed by atoms with E-state index in [1.165, 1.54) is 0 Å². The first-order valence-electron chi connectivity index (χ1n) is 9.64. The van der Waals surface area contributed by atoms with Crippen LogP contribution >= 0.6 is 0 Å². The van der Waals surface area contributed by atoms with Gasteiger partial charge in [-0.3, -0.25) is 0 Å². The van der Waals surface area contributed by atoms with Crippen LogP contribution in [0.25, 0.3) is 0 Å². The first kappa shape index (κ1) is 18.4. The summed E-state index contributed by atoms with van der Waals surface area (Å²) in [5, 5.41) is 10.3. The number of fused-ring (bicyclic) bond motifs is 5.